The SMILES string of the molecule is c1ccc(-c2nc(-c3ccc(-c4ccc5ccccc5c4)c(-c4ccccc4)c3)nc(-c3ccc(-c4ccccc4)c4oc5ccccc5c34)n2)cc1. The summed E-state index contributed by atoms with van der Waals surface area (Å²) in [6.07, 6.45) is 0. The van der Waals surface area contributed by atoms with Crippen molar-refractivity contribution in [2.75, 3.05) is 0 Å². The van der Waals surface area contributed by atoms with Crippen molar-refractivity contribution in [3.63, 3.8) is 0 Å². The third kappa shape index (κ3) is 5.54. The molecule has 0 unspecified atom stereocenters. The van der Waals surface area contributed by atoms with Gasteiger partial charge >= 0.3 is 0 Å². The Balaban J connectivity index is 1.20. The van der Waals surface area contributed by atoms with E-state index in [4.69, 9.17) is 19.4 Å². The molecule has 248 valence electrons. The average molecular weight is 678 g/mol. The molecule has 0 aliphatic heterocycles. The van der Waals surface area contributed by atoms with E-state index >= 15 is 0 Å². The highest BCUT2D eigenvalue weighted by Gasteiger charge is 2.21. The Morgan fingerprint density at radius 1 is 0.321 bits per heavy atom. The number of rotatable bonds is 6. The third-order valence-corrected chi connectivity index (χ3v) is 9.94. The van der Waals surface area contributed by atoms with Crippen LogP contribution in [0.3, 0.4) is 0 Å². The maximum absolute atomic E-state index is 6.61. The lowest BCUT2D eigenvalue weighted by atomic mass is 9.91. The Labute approximate surface area is 306 Å². The largest absolute Gasteiger partial charge is 0.455 e. The van der Waals surface area contributed by atoms with Gasteiger partial charge in [0, 0.05) is 33.0 Å². The van der Waals surface area contributed by atoms with Gasteiger partial charge in [0.2, 0.25) is 0 Å². The van der Waals surface area contributed by atoms with Gasteiger partial charge in [-0.3, -0.25) is 0 Å². The molecule has 0 spiro atoms. The van der Waals surface area contributed by atoms with Crippen LogP contribution >= 0.6 is 0 Å². The number of fused-ring (bicyclic) bond motifs is 4. The summed E-state index contributed by atoms with van der Waals surface area (Å²) in [6.45, 7) is 0. The van der Waals surface area contributed by atoms with Gasteiger partial charge in [0.05, 0.1) is 0 Å². The molecule has 10 aromatic rings. The van der Waals surface area contributed by atoms with Crippen molar-refractivity contribution in [1.82, 2.24) is 15.0 Å². The minimum absolute atomic E-state index is 0.588. The first-order valence-electron chi connectivity index (χ1n) is 17.8. The van der Waals surface area contributed by atoms with Gasteiger partial charge in [0.25, 0.3) is 0 Å². The first kappa shape index (κ1) is 30.6. The third-order valence-electron chi connectivity index (χ3n) is 9.94. The van der Waals surface area contributed by atoms with E-state index in [1.54, 1.807) is 0 Å². The van der Waals surface area contributed by atoms with E-state index in [1.165, 1.54) is 10.8 Å². The molecule has 53 heavy (non-hydrogen) atoms. The van der Waals surface area contributed by atoms with E-state index in [0.717, 1.165) is 72.0 Å². The molecule has 0 bridgehead atoms. The monoisotopic (exact) mass is 677 g/mol. The maximum atomic E-state index is 6.61. The minimum Gasteiger partial charge on any atom is -0.455 e. The predicted molar refractivity (Wildman–Crippen MR) is 217 cm³/mol. The Hall–Kier alpha value is -7.17. The van der Waals surface area contributed by atoms with Crippen LogP contribution in [0.25, 0.3) is 100 Å². The van der Waals surface area contributed by atoms with E-state index in [1.807, 2.05) is 54.6 Å². The predicted octanol–water partition coefficient (Wildman–Crippen LogP) is 12.9. The lowest BCUT2D eigenvalue weighted by Crippen LogP contribution is -2.01. The highest BCUT2D eigenvalue weighted by Crippen LogP contribution is 2.42. The summed E-state index contributed by atoms with van der Waals surface area (Å²) in [5, 5.41) is 4.43. The number of benzene rings is 8. The smallest absolute Gasteiger partial charge is 0.164 e. The van der Waals surface area contributed by atoms with E-state index in [2.05, 4.69) is 133 Å². The lowest BCUT2D eigenvalue weighted by Gasteiger charge is -2.14. The zero-order valence-corrected chi connectivity index (χ0v) is 28.6. The van der Waals surface area contributed by atoms with Gasteiger partial charge in [-0.15, -0.1) is 0 Å². The number of hydrogen-bond donors (Lipinski definition) is 0. The Morgan fingerprint density at radius 3 is 1.62 bits per heavy atom. The molecule has 10 rings (SSSR count). The van der Waals surface area contributed by atoms with Gasteiger partial charge in [-0.25, -0.2) is 15.0 Å². The molecule has 0 saturated carbocycles. The molecular formula is C49H31N3O. The molecule has 0 N–H and O–H groups in total. The van der Waals surface area contributed by atoms with Crippen molar-refractivity contribution in [2.24, 2.45) is 0 Å². The van der Waals surface area contributed by atoms with Gasteiger partial charge in [0.15, 0.2) is 17.5 Å². The van der Waals surface area contributed by atoms with Crippen LogP contribution in [0.5, 0.6) is 0 Å². The number of nitrogens with zero attached hydrogens (tertiary/aromatic N) is 3. The number of para-hydroxylation sites is 1. The van der Waals surface area contributed by atoms with Crippen LogP contribution in [0.1, 0.15) is 0 Å². The summed E-state index contributed by atoms with van der Waals surface area (Å²) < 4.78 is 6.61. The second-order valence-corrected chi connectivity index (χ2v) is 13.2. The fraction of sp³-hybridized carbons (Fsp3) is 0. The number of furan rings is 1. The minimum atomic E-state index is 0.588. The Bertz CT molecular complexity index is 2940. The molecule has 0 amide bonds. The summed E-state index contributed by atoms with van der Waals surface area (Å²) in [5.41, 5.74) is 11.0. The highest BCUT2D eigenvalue weighted by atomic mass is 16.3. The fourth-order valence-corrected chi connectivity index (χ4v) is 7.35. The van der Waals surface area contributed by atoms with E-state index in [-0.39, 0.29) is 0 Å². The molecule has 0 fully saturated rings. The lowest BCUT2D eigenvalue weighted by molar-refractivity contribution is 0.670. The van der Waals surface area contributed by atoms with E-state index < -0.39 is 0 Å². The normalized spacial score (nSPS) is 11.4. The van der Waals surface area contributed by atoms with Crippen LogP contribution in [-0.2, 0) is 0 Å². The van der Waals surface area contributed by atoms with E-state index in [9.17, 15) is 0 Å². The average Bonchev–Trinajstić information content (AvgIpc) is 3.64. The first-order valence-corrected chi connectivity index (χ1v) is 17.8. The summed E-state index contributed by atoms with van der Waals surface area (Å²) in [4.78, 5) is 15.5. The second-order valence-electron chi connectivity index (χ2n) is 13.2. The molecule has 4 heteroatoms. The van der Waals surface area contributed by atoms with Crippen molar-refractivity contribution in [3.05, 3.63) is 188 Å². The Morgan fingerprint density at radius 2 is 0.868 bits per heavy atom. The Kier molecular flexibility index (Phi) is 7.43. The van der Waals surface area contributed by atoms with Crippen LogP contribution < -0.4 is 0 Å². The van der Waals surface area contributed by atoms with Crippen LogP contribution in [-0.4, -0.2) is 15.0 Å². The molecule has 0 aliphatic carbocycles. The van der Waals surface area contributed by atoms with Crippen LogP contribution in [0.4, 0.5) is 0 Å². The van der Waals surface area contributed by atoms with Crippen molar-refractivity contribution in [2.45, 2.75) is 0 Å². The van der Waals surface area contributed by atoms with Crippen molar-refractivity contribution >= 4 is 32.7 Å². The molecule has 2 aromatic heterocycles. The number of hydrogen-bond acceptors (Lipinski definition) is 4. The molecule has 0 atom stereocenters. The van der Waals surface area contributed by atoms with E-state index in [0.29, 0.717) is 17.5 Å². The summed E-state index contributed by atoms with van der Waals surface area (Å²) in [5.74, 6) is 1.80. The van der Waals surface area contributed by atoms with Gasteiger partial charge in [-0.05, 0) is 68.9 Å². The highest BCUT2D eigenvalue weighted by molar-refractivity contribution is 6.15. The molecule has 0 aliphatic rings. The summed E-state index contributed by atoms with van der Waals surface area (Å²) in [7, 11) is 0. The van der Waals surface area contributed by atoms with Gasteiger partial charge in [-0.2, -0.15) is 0 Å². The van der Waals surface area contributed by atoms with Gasteiger partial charge in [-0.1, -0.05) is 158 Å². The zero-order valence-electron chi connectivity index (χ0n) is 28.6. The van der Waals surface area contributed by atoms with Crippen molar-refractivity contribution in [1.29, 1.82) is 0 Å². The molecular weight excluding hydrogens is 647 g/mol. The number of aromatic nitrogens is 3. The topological polar surface area (TPSA) is 51.8 Å². The molecule has 0 radical (unpaired) electrons. The van der Waals surface area contributed by atoms with Crippen LogP contribution in [0.15, 0.2) is 192 Å². The summed E-state index contributed by atoms with van der Waals surface area (Å²) >= 11 is 0. The second kappa shape index (κ2) is 12.9. The van der Waals surface area contributed by atoms with Crippen LogP contribution in [0, 0.1) is 0 Å². The fourth-order valence-electron chi connectivity index (χ4n) is 7.35. The maximum Gasteiger partial charge on any atom is 0.164 e. The molecule has 2 heterocycles. The quantitative estimate of drug-likeness (QED) is 0.176. The molecule has 0 saturated heterocycles. The zero-order chi connectivity index (χ0) is 35.1. The standard InChI is InChI=1S/C49H31N3O/c1-4-15-33(16-5-1)40-28-29-42(45-41-22-12-13-23-44(41)53-46(40)45)49-51-47(35-19-8-3-9-20-35)50-48(52-49)38-26-27-39(43(31-38)34-17-6-2-7-18-34)37-25-24-32-14-10-11-21-36(32)30-37/h1-31H. The van der Waals surface area contributed by atoms with Crippen molar-refractivity contribution < 1.29 is 4.42 Å². The van der Waals surface area contributed by atoms with Gasteiger partial charge in [0.1, 0.15) is 11.2 Å². The molecule has 8 aromatic carbocycles. The van der Waals surface area contributed by atoms with Crippen LogP contribution in [0.2, 0.25) is 0 Å². The van der Waals surface area contributed by atoms with Gasteiger partial charge < -0.3 is 4.42 Å². The first-order chi connectivity index (χ1) is 26.3. The molecule has 4 nitrogen and oxygen atoms in total. The van der Waals surface area contributed by atoms with Crippen molar-refractivity contribution in [3.8, 4) is 67.5 Å². The summed E-state index contributed by atoms with van der Waals surface area (Å²) in [6, 6.07) is 65.2.